The lowest BCUT2D eigenvalue weighted by Crippen LogP contribution is -2.41. The Bertz CT molecular complexity index is 87.3. The second-order valence-electron chi connectivity index (χ2n) is 2.97. The van der Waals surface area contributed by atoms with Crippen LogP contribution in [0.25, 0.3) is 0 Å². The SMILES string of the molecule is C.NCCN1CCC(N)CC1. The first kappa shape index (κ1) is 10.9. The van der Waals surface area contributed by atoms with Gasteiger partial charge in [-0.15, -0.1) is 0 Å². The van der Waals surface area contributed by atoms with Crippen LogP contribution in [0.3, 0.4) is 0 Å². The third-order valence-electron chi connectivity index (χ3n) is 2.08. The van der Waals surface area contributed by atoms with Crippen molar-refractivity contribution in [3.05, 3.63) is 0 Å². The van der Waals surface area contributed by atoms with Gasteiger partial charge in [0.15, 0.2) is 0 Å². The molecule has 0 unspecified atom stereocenters. The zero-order chi connectivity index (χ0) is 7.40. The van der Waals surface area contributed by atoms with Crippen LogP contribution in [0.5, 0.6) is 0 Å². The first-order chi connectivity index (χ1) is 4.83. The molecule has 3 nitrogen and oxygen atoms in total. The standard InChI is InChI=1S/C7H17N3.CH4/c8-3-6-10-4-1-7(9)2-5-10;/h7H,1-6,8-9H2;1H4. The highest BCUT2D eigenvalue weighted by molar-refractivity contribution is 4.73. The smallest absolute Gasteiger partial charge is 0.0105 e. The van der Waals surface area contributed by atoms with Crippen molar-refractivity contribution in [3.63, 3.8) is 0 Å². The van der Waals surface area contributed by atoms with Crippen LogP contribution in [0.2, 0.25) is 0 Å². The average Bonchev–Trinajstić information content (AvgIpc) is 1.95. The average molecular weight is 159 g/mol. The Balaban J connectivity index is 0.000001000. The number of nitrogens with zero attached hydrogens (tertiary/aromatic N) is 1. The normalized spacial score (nSPS) is 21.3. The highest BCUT2D eigenvalue weighted by Gasteiger charge is 2.14. The molecule has 0 amide bonds. The van der Waals surface area contributed by atoms with Crippen LogP contribution in [0.15, 0.2) is 0 Å². The van der Waals surface area contributed by atoms with Gasteiger partial charge in [0.1, 0.15) is 0 Å². The summed E-state index contributed by atoms with van der Waals surface area (Å²) in [6.07, 6.45) is 2.28. The zero-order valence-electron chi connectivity index (χ0n) is 6.42. The van der Waals surface area contributed by atoms with Gasteiger partial charge in [-0.1, -0.05) is 7.43 Å². The van der Waals surface area contributed by atoms with E-state index in [1.165, 1.54) is 0 Å². The third-order valence-corrected chi connectivity index (χ3v) is 2.08. The van der Waals surface area contributed by atoms with Crippen LogP contribution >= 0.6 is 0 Å². The molecule has 1 fully saturated rings. The molecule has 0 aromatic rings. The monoisotopic (exact) mass is 159 g/mol. The summed E-state index contributed by atoms with van der Waals surface area (Å²) in [5.41, 5.74) is 11.2. The molecule has 1 saturated heterocycles. The number of hydrogen-bond acceptors (Lipinski definition) is 3. The van der Waals surface area contributed by atoms with E-state index in [2.05, 4.69) is 4.90 Å². The molecule has 0 spiro atoms. The first-order valence-electron chi connectivity index (χ1n) is 4.01. The van der Waals surface area contributed by atoms with Crippen molar-refractivity contribution in [2.24, 2.45) is 11.5 Å². The molecule has 11 heavy (non-hydrogen) atoms. The molecular weight excluding hydrogens is 138 g/mol. The molecule has 0 aromatic carbocycles. The number of rotatable bonds is 2. The summed E-state index contributed by atoms with van der Waals surface area (Å²) < 4.78 is 0. The van der Waals surface area contributed by atoms with Gasteiger partial charge >= 0.3 is 0 Å². The zero-order valence-corrected chi connectivity index (χ0v) is 6.42. The van der Waals surface area contributed by atoms with Crippen molar-refractivity contribution in [1.29, 1.82) is 0 Å². The van der Waals surface area contributed by atoms with E-state index in [0.29, 0.717) is 6.04 Å². The molecular formula is C8H21N3. The van der Waals surface area contributed by atoms with Crippen molar-refractivity contribution in [3.8, 4) is 0 Å². The summed E-state index contributed by atoms with van der Waals surface area (Å²) in [6.45, 7) is 4.08. The molecule has 1 rings (SSSR count). The van der Waals surface area contributed by atoms with Crippen LogP contribution in [-0.4, -0.2) is 37.1 Å². The van der Waals surface area contributed by atoms with Crippen LogP contribution in [0.4, 0.5) is 0 Å². The first-order valence-corrected chi connectivity index (χ1v) is 4.01. The number of nitrogens with two attached hydrogens (primary N) is 2. The maximum absolute atomic E-state index is 5.74. The fourth-order valence-corrected chi connectivity index (χ4v) is 1.36. The topological polar surface area (TPSA) is 55.3 Å². The van der Waals surface area contributed by atoms with Gasteiger partial charge < -0.3 is 16.4 Å². The van der Waals surface area contributed by atoms with E-state index >= 15 is 0 Å². The van der Waals surface area contributed by atoms with Crippen LogP contribution < -0.4 is 11.5 Å². The van der Waals surface area contributed by atoms with Gasteiger partial charge in [-0.05, 0) is 25.9 Å². The molecule has 4 N–H and O–H groups in total. The van der Waals surface area contributed by atoms with Gasteiger partial charge in [0.25, 0.3) is 0 Å². The summed E-state index contributed by atoms with van der Waals surface area (Å²) in [4.78, 5) is 2.38. The second kappa shape index (κ2) is 5.52. The van der Waals surface area contributed by atoms with Crippen LogP contribution in [0.1, 0.15) is 20.3 Å². The van der Waals surface area contributed by atoms with Gasteiger partial charge in [0.2, 0.25) is 0 Å². The van der Waals surface area contributed by atoms with Gasteiger partial charge in [-0.3, -0.25) is 0 Å². The predicted octanol–water partition coefficient (Wildman–Crippen LogP) is 0.00430. The molecule has 0 bridgehead atoms. The third kappa shape index (κ3) is 3.70. The minimum absolute atomic E-state index is 0. The maximum Gasteiger partial charge on any atom is 0.0105 e. The largest absolute Gasteiger partial charge is 0.329 e. The Kier molecular flexibility index (Phi) is 5.46. The number of likely N-dealkylation sites (tertiary alicyclic amines) is 1. The fourth-order valence-electron chi connectivity index (χ4n) is 1.36. The molecule has 0 aliphatic carbocycles. The lowest BCUT2D eigenvalue weighted by atomic mass is 10.1. The molecule has 0 atom stereocenters. The minimum Gasteiger partial charge on any atom is -0.329 e. The van der Waals surface area contributed by atoms with Crippen molar-refractivity contribution in [2.75, 3.05) is 26.2 Å². The van der Waals surface area contributed by atoms with E-state index in [9.17, 15) is 0 Å². The van der Waals surface area contributed by atoms with Gasteiger partial charge in [-0.25, -0.2) is 0 Å². The van der Waals surface area contributed by atoms with Gasteiger partial charge in [0, 0.05) is 19.1 Å². The lowest BCUT2D eigenvalue weighted by Gasteiger charge is -2.29. The molecule has 1 aliphatic heterocycles. The minimum atomic E-state index is 0. The second-order valence-corrected chi connectivity index (χ2v) is 2.97. The van der Waals surface area contributed by atoms with Crippen LogP contribution in [0, 0.1) is 0 Å². The van der Waals surface area contributed by atoms with Crippen LogP contribution in [-0.2, 0) is 0 Å². The van der Waals surface area contributed by atoms with E-state index < -0.39 is 0 Å². The van der Waals surface area contributed by atoms with Gasteiger partial charge in [0.05, 0.1) is 0 Å². The Morgan fingerprint density at radius 1 is 1.27 bits per heavy atom. The summed E-state index contributed by atoms with van der Waals surface area (Å²) in [5, 5.41) is 0. The molecule has 0 radical (unpaired) electrons. The Morgan fingerprint density at radius 3 is 2.27 bits per heavy atom. The quantitative estimate of drug-likeness (QED) is 0.596. The van der Waals surface area contributed by atoms with Crippen molar-refractivity contribution >= 4 is 0 Å². The number of hydrogen-bond donors (Lipinski definition) is 2. The Hall–Kier alpha value is -0.120. The maximum atomic E-state index is 5.74. The van der Waals surface area contributed by atoms with Crippen molar-refractivity contribution in [1.82, 2.24) is 4.90 Å². The molecule has 0 saturated carbocycles. The molecule has 1 aliphatic rings. The van der Waals surface area contributed by atoms with Gasteiger partial charge in [-0.2, -0.15) is 0 Å². The lowest BCUT2D eigenvalue weighted by molar-refractivity contribution is 0.219. The predicted molar refractivity (Wildman–Crippen MR) is 49.4 cm³/mol. The Labute approximate surface area is 69.7 Å². The summed E-state index contributed by atoms with van der Waals surface area (Å²) in [5.74, 6) is 0. The van der Waals surface area contributed by atoms with E-state index in [0.717, 1.165) is 39.0 Å². The number of piperidine rings is 1. The highest BCUT2D eigenvalue weighted by atomic mass is 15.1. The summed E-state index contributed by atoms with van der Waals surface area (Å²) in [7, 11) is 0. The fraction of sp³-hybridized carbons (Fsp3) is 1.00. The molecule has 68 valence electrons. The van der Waals surface area contributed by atoms with E-state index in [-0.39, 0.29) is 7.43 Å². The van der Waals surface area contributed by atoms with Crippen molar-refractivity contribution in [2.45, 2.75) is 26.3 Å². The summed E-state index contributed by atoms with van der Waals surface area (Å²) in [6, 6.07) is 0.439. The highest BCUT2D eigenvalue weighted by Crippen LogP contribution is 2.06. The van der Waals surface area contributed by atoms with E-state index in [1.54, 1.807) is 0 Å². The molecule has 3 heteroatoms. The van der Waals surface area contributed by atoms with Crippen molar-refractivity contribution < 1.29 is 0 Å². The van der Waals surface area contributed by atoms with E-state index in [1.807, 2.05) is 0 Å². The molecule has 1 heterocycles. The summed E-state index contributed by atoms with van der Waals surface area (Å²) >= 11 is 0. The molecule has 0 aromatic heterocycles. The Morgan fingerprint density at radius 2 is 1.82 bits per heavy atom. The van der Waals surface area contributed by atoms with E-state index in [4.69, 9.17) is 11.5 Å².